The van der Waals surface area contributed by atoms with Crippen LogP contribution < -0.4 is 27.3 Å². The molecule has 8 N–H and O–H groups in total. The number of fused-ring (bicyclic) bond motifs is 1. The van der Waals surface area contributed by atoms with E-state index in [1.165, 1.54) is 11.1 Å². The molecule has 3 heterocycles. The Morgan fingerprint density at radius 3 is 2.91 bits per heavy atom. The van der Waals surface area contributed by atoms with E-state index >= 15 is 0 Å². The summed E-state index contributed by atoms with van der Waals surface area (Å²) in [6.07, 6.45) is -1.30. The number of nitrogens with zero attached hydrogens (tertiary/aromatic N) is 2. The van der Waals surface area contributed by atoms with Crippen LogP contribution in [-0.4, -0.2) is 43.3 Å². The molecular weight excluding hydrogens is 331 g/mol. The van der Waals surface area contributed by atoms with E-state index in [2.05, 4.69) is 20.9 Å². The van der Waals surface area contributed by atoms with Crippen LogP contribution in [0.1, 0.15) is 6.42 Å². The van der Waals surface area contributed by atoms with E-state index in [4.69, 9.17) is 20.3 Å². The highest BCUT2D eigenvalue weighted by Crippen LogP contribution is 2.38. The molecule has 0 saturated carbocycles. The molecule has 2 aliphatic heterocycles. The Bertz CT molecular complexity index is 746. The molecule has 2 aliphatic rings. The average molecular weight is 346 g/mol. The molecule has 0 radical (unpaired) electrons. The van der Waals surface area contributed by atoms with Crippen molar-refractivity contribution in [1.29, 1.82) is 0 Å². The number of aromatic nitrogens is 2. The summed E-state index contributed by atoms with van der Waals surface area (Å²) in [7, 11) is -4.31. The summed E-state index contributed by atoms with van der Waals surface area (Å²) in [5.74, 6) is 0.765. The van der Waals surface area contributed by atoms with Crippen molar-refractivity contribution in [3.8, 4) is 0 Å². The predicted octanol–water partition coefficient (Wildman–Crippen LogP) is -1.83. The Morgan fingerprint density at radius 1 is 1.48 bits per heavy atom. The Kier molecular flexibility index (Phi) is 3.88. The molecule has 3 atom stereocenters. The molecule has 1 saturated heterocycles. The second-order valence-corrected chi connectivity index (χ2v) is 6.53. The molecular formula is C10H15N6O6P. The third-order valence-corrected chi connectivity index (χ3v) is 3.88. The molecule has 0 aromatic carbocycles. The zero-order valence-corrected chi connectivity index (χ0v) is 12.5. The molecule has 1 fully saturated rings. The molecule has 12 nitrogen and oxygen atoms in total. The lowest BCUT2D eigenvalue weighted by Gasteiger charge is -2.26. The number of rotatable bonds is 3. The number of ether oxygens (including phenoxy) is 1. The van der Waals surface area contributed by atoms with Crippen molar-refractivity contribution in [3.63, 3.8) is 0 Å². The first-order valence-electron chi connectivity index (χ1n) is 6.53. The highest BCUT2D eigenvalue weighted by molar-refractivity contribution is 7.55. The molecule has 0 unspecified atom stereocenters. The number of hydrazine groups is 2. The van der Waals surface area contributed by atoms with Gasteiger partial charge in [-0.25, -0.2) is 5.01 Å². The third kappa shape index (κ3) is 3.22. The first kappa shape index (κ1) is 15.9. The molecule has 1 aromatic rings. The Morgan fingerprint density at radius 2 is 2.22 bits per heavy atom. The lowest BCUT2D eigenvalue weighted by molar-refractivity contribution is 0.0178. The van der Waals surface area contributed by atoms with Gasteiger partial charge in [-0.05, 0) is 6.08 Å². The quantitative estimate of drug-likeness (QED) is 0.305. The zero-order chi connectivity index (χ0) is 16.8. The lowest BCUT2D eigenvalue weighted by atomic mass is 10.2. The topological polar surface area (TPSA) is 186 Å². The van der Waals surface area contributed by atoms with E-state index in [0.717, 1.165) is 5.82 Å². The van der Waals surface area contributed by atoms with Gasteiger partial charge in [0.1, 0.15) is 6.10 Å². The average Bonchev–Trinajstić information content (AvgIpc) is 2.99. The van der Waals surface area contributed by atoms with Gasteiger partial charge in [0.25, 0.3) is 5.56 Å². The molecule has 1 aromatic heterocycles. The van der Waals surface area contributed by atoms with Crippen LogP contribution in [0.5, 0.6) is 0 Å². The van der Waals surface area contributed by atoms with Crippen molar-refractivity contribution in [1.82, 2.24) is 15.5 Å². The number of aromatic amines is 1. The number of aliphatic hydroxyl groups is 1. The van der Waals surface area contributed by atoms with Gasteiger partial charge in [-0.3, -0.25) is 19.8 Å². The fourth-order valence-corrected chi connectivity index (χ4v) is 2.78. The van der Waals surface area contributed by atoms with E-state index in [0.29, 0.717) is 0 Å². The Hall–Kier alpha value is -1.95. The minimum atomic E-state index is -4.31. The lowest BCUT2D eigenvalue weighted by Crippen LogP contribution is -2.49. The van der Waals surface area contributed by atoms with Crippen LogP contribution in [0.3, 0.4) is 0 Å². The number of anilines is 3. The van der Waals surface area contributed by atoms with Crippen LogP contribution in [0, 0.1) is 0 Å². The van der Waals surface area contributed by atoms with E-state index in [1.54, 1.807) is 0 Å². The summed E-state index contributed by atoms with van der Waals surface area (Å²) < 4.78 is 16.4. The number of nitrogens with two attached hydrogens (primary N) is 1. The van der Waals surface area contributed by atoms with E-state index < -0.39 is 31.6 Å². The summed E-state index contributed by atoms with van der Waals surface area (Å²) in [4.78, 5) is 35.7. The van der Waals surface area contributed by atoms with Crippen LogP contribution in [0.15, 0.2) is 16.7 Å². The van der Waals surface area contributed by atoms with Gasteiger partial charge >= 0.3 is 7.60 Å². The van der Waals surface area contributed by atoms with Gasteiger partial charge in [-0.1, -0.05) is 0 Å². The van der Waals surface area contributed by atoms with Gasteiger partial charge in [0.15, 0.2) is 17.7 Å². The van der Waals surface area contributed by atoms with Crippen LogP contribution in [-0.2, 0) is 9.30 Å². The van der Waals surface area contributed by atoms with Gasteiger partial charge in [-0.15, -0.1) is 5.53 Å². The van der Waals surface area contributed by atoms with Crippen LogP contribution in [0.25, 0.3) is 0 Å². The first-order valence-corrected chi connectivity index (χ1v) is 8.21. The maximum atomic E-state index is 11.7. The number of hydrogen-bond acceptors (Lipinski definition) is 9. The first-order chi connectivity index (χ1) is 10.7. The minimum Gasteiger partial charge on any atom is -0.388 e. The van der Waals surface area contributed by atoms with Gasteiger partial charge < -0.3 is 25.4 Å². The predicted molar refractivity (Wildman–Crippen MR) is 79.0 cm³/mol. The summed E-state index contributed by atoms with van der Waals surface area (Å²) in [6, 6.07) is 0. The van der Waals surface area contributed by atoms with Crippen molar-refractivity contribution in [2.75, 3.05) is 16.2 Å². The maximum Gasteiger partial charge on any atom is 0.348 e. The van der Waals surface area contributed by atoms with Gasteiger partial charge in [-0.2, -0.15) is 4.98 Å². The molecule has 0 bridgehead atoms. The second-order valence-electron chi connectivity index (χ2n) is 5.06. The second kappa shape index (κ2) is 5.60. The third-order valence-electron chi connectivity index (χ3n) is 3.31. The van der Waals surface area contributed by atoms with E-state index in [1.807, 2.05) is 0 Å². The van der Waals surface area contributed by atoms with Gasteiger partial charge in [0, 0.05) is 12.2 Å². The molecule has 0 aliphatic carbocycles. The van der Waals surface area contributed by atoms with Crippen LogP contribution in [0.2, 0.25) is 0 Å². The van der Waals surface area contributed by atoms with Gasteiger partial charge in [0.2, 0.25) is 5.95 Å². The van der Waals surface area contributed by atoms with Gasteiger partial charge in [0.05, 0.1) is 6.10 Å². The van der Waals surface area contributed by atoms with Crippen molar-refractivity contribution >= 4 is 25.0 Å². The largest absolute Gasteiger partial charge is 0.388 e. The van der Waals surface area contributed by atoms with E-state index in [9.17, 15) is 14.5 Å². The SMILES string of the molecule is Nc1nc2c(c(=O)[nH]1)NNN2[C@@H]1O[C@H](/C=C/P(=O)(O)O)C[C@H]1O. The number of nitrogens with one attached hydrogen (secondary N) is 3. The zero-order valence-electron chi connectivity index (χ0n) is 11.6. The number of H-pyrrole nitrogens is 1. The van der Waals surface area contributed by atoms with Crippen molar-refractivity contribution < 1.29 is 24.2 Å². The summed E-state index contributed by atoms with van der Waals surface area (Å²) >= 11 is 0. The van der Waals surface area contributed by atoms with Crippen molar-refractivity contribution in [2.24, 2.45) is 0 Å². The fraction of sp³-hybridized carbons (Fsp3) is 0.400. The smallest absolute Gasteiger partial charge is 0.348 e. The molecule has 0 spiro atoms. The molecule has 13 heteroatoms. The Labute approximate surface area is 129 Å². The summed E-state index contributed by atoms with van der Waals surface area (Å²) in [6.45, 7) is 0. The summed E-state index contributed by atoms with van der Waals surface area (Å²) in [5, 5.41) is 11.4. The fourth-order valence-electron chi connectivity index (χ4n) is 2.36. The maximum absolute atomic E-state index is 11.7. The van der Waals surface area contributed by atoms with Crippen molar-refractivity contribution in [2.45, 2.75) is 24.9 Å². The standard InChI is InChI=1S/C10H15N6O6P/c11-10-12-7-6(8(18)13-10)14-15-16(7)9-5(17)3-4(22-9)1-2-23(19,20)21/h1-2,4-5,9,14-15,17H,3H2,(H2,19,20,21)(H3,11,12,13,18)/b2-1+/t4-,5-,9-/m1/s1. The van der Waals surface area contributed by atoms with Crippen LogP contribution >= 0.6 is 7.60 Å². The molecule has 126 valence electrons. The molecule has 3 rings (SSSR count). The number of hydrogen-bond donors (Lipinski definition) is 7. The minimum absolute atomic E-state index is 0.102. The molecule has 23 heavy (non-hydrogen) atoms. The Balaban J connectivity index is 1.81. The monoisotopic (exact) mass is 346 g/mol. The van der Waals surface area contributed by atoms with E-state index in [-0.39, 0.29) is 23.9 Å². The summed E-state index contributed by atoms with van der Waals surface area (Å²) in [5.41, 5.74) is 10.4. The normalized spacial score (nSPS) is 27.4. The highest BCUT2D eigenvalue weighted by atomic mass is 31.2. The van der Waals surface area contributed by atoms with Crippen LogP contribution in [0.4, 0.5) is 17.5 Å². The van der Waals surface area contributed by atoms with Crippen molar-refractivity contribution in [3.05, 3.63) is 22.2 Å². The number of nitrogen functional groups attached to an aromatic ring is 1. The molecule has 0 amide bonds. The highest BCUT2D eigenvalue weighted by Gasteiger charge is 2.41. The number of aliphatic hydroxyl groups excluding tert-OH is 1.